The Bertz CT molecular complexity index is 660. The number of aromatic nitrogens is 4. The van der Waals surface area contributed by atoms with E-state index in [0.717, 1.165) is 10.0 Å². The first-order valence-electron chi connectivity index (χ1n) is 6.68. The van der Waals surface area contributed by atoms with Gasteiger partial charge in [0.05, 0.1) is 17.8 Å². The summed E-state index contributed by atoms with van der Waals surface area (Å²) in [5.41, 5.74) is 1.13. The van der Waals surface area contributed by atoms with Crippen LogP contribution in [0.3, 0.4) is 0 Å². The molecule has 0 unspecified atom stereocenters. The van der Waals surface area contributed by atoms with Crippen molar-refractivity contribution in [2.24, 2.45) is 0 Å². The van der Waals surface area contributed by atoms with E-state index in [-0.39, 0.29) is 11.3 Å². The second-order valence-electron chi connectivity index (χ2n) is 5.85. The fourth-order valence-electron chi connectivity index (χ4n) is 1.69. The summed E-state index contributed by atoms with van der Waals surface area (Å²) in [7, 11) is 0. The molecule has 2 heterocycles. The van der Waals surface area contributed by atoms with E-state index in [1.54, 1.807) is 20.0 Å². The van der Waals surface area contributed by atoms with Gasteiger partial charge in [0.2, 0.25) is 0 Å². The molecule has 0 saturated heterocycles. The largest absolute Gasteiger partial charge is 0.345 e. The molecule has 1 amide bonds. The van der Waals surface area contributed by atoms with Gasteiger partial charge in [-0.3, -0.25) is 4.79 Å². The maximum atomic E-state index is 12.1. The van der Waals surface area contributed by atoms with Crippen LogP contribution in [0.15, 0.2) is 6.20 Å². The molecule has 0 saturated carbocycles. The van der Waals surface area contributed by atoms with Crippen molar-refractivity contribution in [3.05, 3.63) is 33.3 Å². The Morgan fingerprint density at radius 2 is 2.00 bits per heavy atom. The molecule has 0 atom stereocenters. The third kappa shape index (κ3) is 3.81. The van der Waals surface area contributed by atoms with E-state index in [1.807, 2.05) is 0 Å². The molecule has 1 N–H and O–H groups in total. The normalized spacial score (nSPS) is 11.5. The molecule has 0 bridgehead atoms. The SMILES string of the molecule is Cc1ncc(C(=O)NCc2nnc(C(C)(C)C)s2)c(C)n1. The lowest BCUT2D eigenvalue weighted by molar-refractivity contribution is 0.0949. The highest BCUT2D eigenvalue weighted by Gasteiger charge is 2.19. The molecule has 6 nitrogen and oxygen atoms in total. The topological polar surface area (TPSA) is 80.7 Å². The predicted molar refractivity (Wildman–Crippen MR) is 81.3 cm³/mol. The first-order valence-corrected chi connectivity index (χ1v) is 7.50. The average molecular weight is 305 g/mol. The van der Waals surface area contributed by atoms with Crippen LogP contribution in [0.1, 0.15) is 52.7 Å². The highest BCUT2D eigenvalue weighted by molar-refractivity contribution is 7.11. The molecule has 0 aromatic carbocycles. The number of amides is 1. The standard InChI is InChI=1S/C14H19N5OS/c1-8-10(6-15-9(2)17-8)12(20)16-7-11-18-19-13(21-11)14(3,4)5/h6H,7H2,1-5H3,(H,16,20). The summed E-state index contributed by atoms with van der Waals surface area (Å²) < 4.78 is 0. The van der Waals surface area contributed by atoms with Crippen LogP contribution in [-0.4, -0.2) is 26.1 Å². The second kappa shape index (κ2) is 5.85. The zero-order chi connectivity index (χ0) is 15.6. The lowest BCUT2D eigenvalue weighted by Gasteiger charge is -2.12. The van der Waals surface area contributed by atoms with Crippen molar-refractivity contribution < 1.29 is 4.79 Å². The van der Waals surface area contributed by atoms with E-state index in [2.05, 4.69) is 46.3 Å². The Morgan fingerprint density at radius 3 is 2.57 bits per heavy atom. The predicted octanol–water partition coefficient (Wildman–Crippen LogP) is 2.17. The second-order valence-corrected chi connectivity index (χ2v) is 6.91. The summed E-state index contributed by atoms with van der Waals surface area (Å²) in [6, 6.07) is 0. The Morgan fingerprint density at radius 1 is 1.29 bits per heavy atom. The van der Waals surface area contributed by atoms with Crippen LogP contribution < -0.4 is 5.32 Å². The number of carbonyl (C=O) groups excluding carboxylic acids is 1. The van der Waals surface area contributed by atoms with Gasteiger partial charge in [-0.1, -0.05) is 32.1 Å². The van der Waals surface area contributed by atoms with E-state index in [1.165, 1.54) is 11.3 Å². The van der Waals surface area contributed by atoms with Crippen LogP contribution in [0.25, 0.3) is 0 Å². The lowest BCUT2D eigenvalue weighted by Crippen LogP contribution is -2.24. The Labute approximate surface area is 128 Å². The van der Waals surface area contributed by atoms with Gasteiger partial charge in [0.25, 0.3) is 5.91 Å². The van der Waals surface area contributed by atoms with Gasteiger partial charge >= 0.3 is 0 Å². The number of hydrogen-bond donors (Lipinski definition) is 1. The third-order valence-electron chi connectivity index (χ3n) is 2.85. The van der Waals surface area contributed by atoms with E-state index in [4.69, 9.17) is 0 Å². The summed E-state index contributed by atoms with van der Waals surface area (Å²) in [6.07, 6.45) is 1.55. The fourth-order valence-corrected chi connectivity index (χ4v) is 2.52. The molecule has 0 radical (unpaired) electrons. The zero-order valence-corrected chi connectivity index (χ0v) is 13.7. The fraction of sp³-hybridized carbons (Fsp3) is 0.500. The smallest absolute Gasteiger partial charge is 0.255 e. The van der Waals surface area contributed by atoms with Crippen molar-refractivity contribution in [1.82, 2.24) is 25.5 Å². The van der Waals surface area contributed by atoms with E-state index < -0.39 is 0 Å². The molecular formula is C14H19N5OS. The molecule has 0 aliphatic heterocycles. The van der Waals surface area contributed by atoms with Gasteiger partial charge < -0.3 is 5.32 Å². The Kier molecular flexibility index (Phi) is 4.32. The summed E-state index contributed by atoms with van der Waals surface area (Å²) in [6.45, 7) is 10.2. The first-order chi connectivity index (χ1) is 9.77. The van der Waals surface area contributed by atoms with Crippen molar-refractivity contribution in [2.45, 2.75) is 46.6 Å². The zero-order valence-electron chi connectivity index (χ0n) is 12.9. The van der Waals surface area contributed by atoms with Crippen molar-refractivity contribution in [1.29, 1.82) is 0 Å². The first kappa shape index (κ1) is 15.5. The van der Waals surface area contributed by atoms with Gasteiger partial charge in [-0.25, -0.2) is 9.97 Å². The monoisotopic (exact) mass is 305 g/mol. The van der Waals surface area contributed by atoms with Gasteiger partial charge in [0.1, 0.15) is 15.8 Å². The van der Waals surface area contributed by atoms with Gasteiger partial charge in [-0.2, -0.15) is 0 Å². The molecule has 0 aliphatic carbocycles. The molecule has 7 heteroatoms. The summed E-state index contributed by atoms with van der Waals surface area (Å²) >= 11 is 1.52. The maximum absolute atomic E-state index is 12.1. The van der Waals surface area contributed by atoms with E-state index in [9.17, 15) is 4.79 Å². The molecule has 21 heavy (non-hydrogen) atoms. The minimum Gasteiger partial charge on any atom is -0.345 e. The number of nitrogens with zero attached hydrogens (tertiary/aromatic N) is 4. The van der Waals surface area contributed by atoms with Gasteiger partial charge in [0, 0.05) is 11.6 Å². The van der Waals surface area contributed by atoms with E-state index in [0.29, 0.717) is 23.6 Å². The Hall–Kier alpha value is -1.89. The van der Waals surface area contributed by atoms with Crippen LogP contribution >= 0.6 is 11.3 Å². The van der Waals surface area contributed by atoms with Crippen LogP contribution in [0.4, 0.5) is 0 Å². The number of carbonyl (C=O) groups is 1. The highest BCUT2D eigenvalue weighted by Crippen LogP contribution is 2.25. The average Bonchev–Trinajstić information content (AvgIpc) is 2.84. The van der Waals surface area contributed by atoms with Crippen LogP contribution in [0.5, 0.6) is 0 Å². The minimum absolute atomic E-state index is 0.0265. The summed E-state index contributed by atoms with van der Waals surface area (Å²) in [5, 5.41) is 12.8. The van der Waals surface area contributed by atoms with Crippen LogP contribution in [-0.2, 0) is 12.0 Å². The molecule has 0 spiro atoms. The molecule has 2 rings (SSSR count). The van der Waals surface area contributed by atoms with Gasteiger partial charge in [-0.05, 0) is 13.8 Å². The molecular weight excluding hydrogens is 286 g/mol. The maximum Gasteiger partial charge on any atom is 0.255 e. The van der Waals surface area contributed by atoms with Crippen molar-refractivity contribution >= 4 is 17.2 Å². The molecule has 112 valence electrons. The van der Waals surface area contributed by atoms with E-state index >= 15 is 0 Å². The van der Waals surface area contributed by atoms with Gasteiger partial charge in [0.15, 0.2) is 0 Å². The van der Waals surface area contributed by atoms with Crippen LogP contribution in [0.2, 0.25) is 0 Å². The number of aryl methyl sites for hydroxylation is 2. The summed E-state index contributed by atoms with van der Waals surface area (Å²) in [5.74, 6) is 0.461. The minimum atomic E-state index is -0.194. The highest BCUT2D eigenvalue weighted by atomic mass is 32.1. The third-order valence-corrected chi connectivity index (χ3v) is 4.20. The van der Waals surface area contributed by atoms with Crippen LogP contribution in [0, 0.1) is 13.8 Å². The molecule has 2 aromatic heterocycles. The van der Waals surface area contributed by atoms with Crippen molar-refractivity contribution in [2.75, 3.05) is 0 Å². The molecule has 0 fully saturated rings. The number of rotatable bonds is 3. The number of hydrogen-bond acceptors (Lipinski definition) is 6. The quantitative estimate of drug-likeness (QED) is 0.940. The van der Waals surface area contributed by atoms with Gasteiger partial charge in [-0.15, -0.1) is 10.2 Å². The number of nitrogens with one attached hydrogen (secondary N) is 1. The Balaban J connectivity index is 2.03. The van der Waals surface area contributed by atoms with Crippen molar-refractivity contribution in [3.63, 3.8) is 0 Å². The molecule has 2 aromatic rings. The molecule has 0 aliphatic rings. The summed E-state index contributed by atoms with van der Waals surface area (Å²) in [4.78, 5) is 20.4. The lowest BCUT2D eigenvalue weighted by atomic mass is 9.98. The van der Waals surface area contributed by atoms with Crippen molar-refractivity contribution in [3.8, 4) is 0 Å².